The Balaban J connectivity index is 2.17. The first kappa shape index (κ1) is 15.2. The number of pyridine rings is 1. The summed E-state index contributed by atoms with van der Waals surface area (Å²) in [5.74, 6) is 1.62. The van der Waals surface area contributed by atoms with E-state index in [4.69, 9.17) is 10.5 Å². The standard InChI is InChI=1S/C17H23N3O/c1-3-12-20(13-14-8-10-15(18)11-9-14)16-6-5-7-17(19-16)21-4-2/h5-11H,3-4,12-13,18H2,1-2H3. The normalized spacial score (nSPS) is 10.4. The lowest BCUT2D eigenvalue weighted by molar-refractivity contribution is 0.327. The van der Waals surface area contributed by atoms with Crippen LogP contribution in [0.1, 0.15) is 25.8 Å². The molecule has 1 aromatic carbocycles. The molecule has 0 unspecified atom stereocenters. The fraction of sp³-hybridized carbons (Fsp3) is 0.353. The quantitative estimate of drug-likeness (QED) is 0.791. The van der Waals surface area contributed by atoms with Gasteiger partial charge in [0.2, 0.25) is 5.88 Å². The number of nitrogens with two attached hydrogens (primary N) is 1. The minimum Gasteiger partial charge on any atom is -0.478 e. The van der Waals surface area contributed by atoms with Crippen molar-refractivity contribution in [3.8, 4) is 5.88 Å². The molecule has 2 N–H and O–H groups in total. The van der Waals surface area contributed by atoms with Gasteiger partial charge in [0.25, 0.3) is 0 Å². The van der Waals surface area contributed by atoms with Crippen LogP contribution in [-0.4, -0.2) is 18.1 Å². The highest BCUT2D eigenvalue weighted by atomic mass is 16.5. The van der Waals surface area contributed by atoms with Gasteiger partial charge in [-0.1, -0.05) is 25.1 Å². The van der Waals surface area contributed by atoms with Crippen LogP contribution in [0.2, 0.25) is 0 Å². The lowest BCUT2D eigenvalue weighted by Crippen LogP contribution is -2.24. The molecule has 0 aliphatic rings. The van der Waals surface area contributed by atoms with Crippen molar-refractivity contribution >= 4 is 11.5 Å². The van der Waals surface area contributed by atoms with E-state index in [1.165, 1.54) is 5.56 Å². The van der Waals surface area contributed by atoms with Crippen molar-refractivity contribution < 1.29 is 4.74 Å². The molecular formula is C17H23N3O. The average Bonchev–Trinajstić information content (AvgIpc) is 2.50. The van der Waals surface area contributed by atoms with E-state index in [-0.39, 0.29) is 0 Å². The van der Waals surface area contributed by atoms with E-state index in [0.717, 1.165) is 31.0 Å². The molecular weight excluding hydrogens is 262 g/mol. The first-order valence-electron chi connectivity index (χ1n) is 7.42. The largest absolute Gasteiger partial charge is 0.478 e. The SMILES string of the molecule is CCCN(Cc1ccc(N)cc1)c1cccc(OCC)n1. The van der Waals surface area contributed by atoms with Crippen molar-refractivity contribution in [2.75, 3.05) is 23.8 Å². The first-order chi connectivity index (χ1) is 10.2. The minimum atomic E-state index is 0.627. The second kappa shape index (κ2) is 7.53. The van der Waals surface area contributed by atoms with E-state index >= 15 is 0 Å². The Hall–Kier alpha value is -2.23. The molecule has 4 heteroatoms. The van der Waals surface area contributed by atoms with Gasteiger partial charge in [0.05, 0.1) is 6.61 Å². The van der Waals surface area contributed by atoms with E-state index in [1.807, 2.05) is 37.3 Å². The second-order valence-electron chi connectivity index (χ2n) is 4.93. The third-order valence-electron chi connectivity index (χ3n) is 3.17. The molecule has 4 nitrogen and oxygen atoms in total. The molecule has 0 aliphatic heterocycles. The van der Waals surface area contributed by atoms with Crippen LogP contribution in [0.15, 0.2) is 42.5 Å². The van der Waals surface area contributed by atoms with Crippen molar-refractivity contribution in [3.63, 3.8) is 0 Å². The van der Waals surface area contributed by atoms with E-state index in [1.54, 1.807) is 0 Å². The van der Waals surface area contributed by atoms with Gasteiger partial charge in [-0.2, -0.15) is 4.98 Å². The molecule has 0 amide bonds. The first-order valence-corrected chi connectivity index (χ1v) is 7.42. The smallest absolute Gasteiger partial charge is 0.215 e. The summed E-state index contributed by atoms with van der Waals surface area (Å²) in [6, 6.07) is 13.9. The van der Waals surface area contributed by atoms with Gasteiger partial charge >= 0.3 is 0 Å². The number of nitrogens with zero attached hydrogens (tertiary/aromatic N) is 2. The minimum absolute atomic E-state index is 0.627. The van der Waals surface area contributed by atoms with E-state index in [9.17, 15) is 0 Å². The predicted molar refractivity (Wildman–Crippen MR) is 87.6 cm³/mol. The van der Waals surface area contributed by atoms with Gasteiger partial charge < -0.3 is 15.4 Å². The summed E-state index contributed by atoms with van der Waals surface area (Å²) in [6.07, 6.45) is 1.06. The molecule has 1 aromatic heterocycles. The van der Waals surface area contributed by atoms with E-state index in [0.29, 0.717) is 12.5 Å². The Bertz CT molecular complexity index is 554. The summed E-state index contributed by atoms with van der Waals surface area (Å²) in [5.41, 5.74) is 7.75. The van der Waals surface area contributed by atoms with Crippen LogP contribution in [0, 0.1) is 0 Å². The van der Waals surface area contributed by atoms with E-state index in [2.05, 4.69) is 28.9 Å². The number of ether oxygens (including phenoxy) is 1. The van der Waals surface area contributed by atoms with Gasteiger partial charge in [-0.15, -0.1) is 0 Å². The van der Waals surface area contributed by atoms with Gasteiger partial charge in [0, 0.05) is 24.8 Å². The molecule has 1 heterocycles. The number of anilines is 2. The van der Waals surface area contributed by atoms with Gasteiger partial charge in [-0.05, 0) is 37.1 Å². The molecule has 2 rings (SSSR count). The summed E-state index contributed by atoms with van der Waals surface area (Å²) in [4.78, 5) is 6.83. The van der Waals surface area contributed by atoms with Gasteiger partial charge in [-0.25, -0.2) is 0 Å². The fourth-order valence-electron chi connectivity index (χ4n) is 2.20. The summed E-state index contributed by atoms with van der Waals surface area (Å²) in [5, 5.41) is 0. The number of nitrogen functional groups attached to an aromatic ring is 1. The highest BCUT2D eigenvalue weighted by Crippen LogP contribution is 2.19. The molecule has 0 saturated carbocycles. The molecule has 0 spiro atoms. The monoisotopic (exact) mass is 285 g/mol. The zero-order valence-corrected chi connectivity index (χ0v) is 12.7. The van der Waals surface area contributed by atoms with Gasteiger partial charge in [0.1, 0.15) is 5.82 Å². The molecule has 112 valence electrons. The molecule has 21 heavy (non-hydrogen) atoms. The maximum absolute atomic E-state index is 5.74. The van der Waals surface area contributed by atoms with Crippen molar-refractivity contribution in [2.45, 2.75) is 26.8 Å². The molecule has 2 aromatic rings. The maximum Gasteiger partial charge on any atom is 0.215 e. The highest BCUT2D eigenvalue weighted by molar-refractivity contribution is 5.44. The number of hydrogen-bond donors (Lipinski definition) is 1. The Kier molecular flexibility index (Phi) is 5.43. The molecule has 0 radical (unpaired) electrons. The Labute approximate surface area is 126 Å². The number of aromatic nitrogens is 1. The van der Waals surface area contributed by atoms with Crippen LogP contribution in [-0.2, 0) is 6.54 Å². The molecule has 0 atom stereocenters. The Morgan fingerprint density at radius 2 is 1.86 bits per heavy atom. The van der Waals surface area contributed by atoms with Gasteiger partial charge in [-0.3, -0.25) is 0 Å². The topological polar surface area (TPSA) is 51.4 Å². The molecule has 0 fully saturated rings. The molecule has 0 bridgehead atoms. The Morgan fingerprint density at radius 3 is 2.52 bits per heavy atom. The lowest BCUT2D eigenvalue weighted by atomic mass is 10.2. The molecule has 0 aliphatic carbocycles. The van der Waals surface area contributed by atoms with E-state index < -0.39 is 0 Å². The number of benzene rings is 1. The molecule has 0 saturated heterocycles. The average molecular weight is 285 g/mol. The van der Waals surface area contributed by atoms with Crippen molar-refractivity contribution in [1.82, 2.24) is 4.98 Å². The van der Waals surface area contributed by atoms with Crippen molar-refractivity contribution in [2.24, 2.45) is 0 Å². The third-order valence-corrected chi connectivity index (χ3v) is 3.17. The Morgan fingerprint density at radius 1 is 1.10 bits per heavy atom. The van der Waals surface area contributed by atoms with Crippen LogP contribution >= 0.6 is 0 Å². The maximum atomic E-state index is 5.74. The van der Waals surface area contributed by atoms with Crippen LogP contribution in [0.25, 0.3) is 0 Å². The summed E-state index contributed by atoms with van der Waals surface area (Å²) < 4.78 is 5.49. The zero-order chi connectivity index (χ0) is 15.1. The van der Waals surface area contributed by atoms with Crippen molar-refractivity contribution in [3.05, 3.63) is 48.0 Å². The van der Waals surface area contributed by atoms with Crippen LogP contribution in [0.3, 0.4) is 0 Å². The highest BCUT2D eigenvalue weighted by Gasteiger charge is 2.09. The predicted octanol–water partition coefficient (Wildman–Crippen LogP) is 3.48. The van der Waals surface area contributed by atoms with Crippen LogP contribution in [0.5, 0.6) is 5.88 Å². The number of hydrogen-bond acceptors (Lipinski definition) is 4. The van der Waals surface area contributed by atoms with Crippen molar-refractivity contribution in [1.29, 1.82) is 0 Å². The van der Waals surface area contributed by atoms with Crippen LogP contribution < -0.4 is 15.4 Å². The summed E-state index contributed by atoms with van der Waals surface area (Å²) >= 11 is 0. The second-order valence-corrected chi connectivity index (χ2v) is 4.93. The van der Waals surface area contributed by atoms with Gasteiger partial charge in [0.15, 0.2) is 0 Å². The fourth-order valence-corrected chi connectivity index (χ4v) is 2.20. The number of rotatable bonds is 7. The third kappa shape index (κ3) is 4.38. The summed E-state index contributed by atoms with van der Waals surface area (Å²) in [6.45, 7) is 6.53. The van der Waals surface area contributed by atoms with Crippen LogP contribution in [0.4, 0.5) is 11.5 Å². The summed E-state index contributed by atoms with van der Waals surface area (Å²) in [7, 11) is 0. The lowest BCUT2D eigenvalue weighted by Gasteiger charge is -2.23. The zero-order valence-electron chi connectivity index (χ0n) is 12.7.